The zero-order valence-electron chi connectivity index (χ0n) is 43.8. The summed E-state index contributed by atoms with van der Waals surface area (Å²) in [5.74, 6) is 1.66. The summed E-state index contributed by atoms with van der Waals surface area (Å²) in [7, 11) is 0. The van der Waals surface area contributed by atoms with E-state index in [0.29, 0.717) is 17.5 Å². The van der Waals surface area contributed by atoms with Crippen molar-refractivity contribution in [3.63, 3.8) is 0 Å². The van der Waals surface area contributed by atoms with Gasteiger partial charge >= 0.3 is 0 Å². The molecule has 0 aliphatic rings. The van der Waals surface area contributed by atoms with Gasteiger partial charge < -0.3 is 13.6 Å². The first-order valence-electron chi connectivity index (χ1n) is 27.4. The molecule has 0 aliphatic heterocycles. The summed E-state index contributed by atoms with van der Waals surface area (Å²) in [6.07, 6.45) is 0. The van der Waals surface area contributed by atoms with Gasteiger partial charge in [-0.05, 0) is 105 Å². The van der Waals surface area contributed by atoms with Crippen molar-refractivity contribution < 1.29 is 4.42 Å². The smallest absolute Gasteiger partial charge is 0.166 e. The molecule has 0 radical (unpaired) electrons. The maximum absolute atomic E-state index is 6.69. The largest absolute Gasteiger partial charge is 0.456 e. The van der Waals surface area contributed by atoms with E-state index in [1.165, 1.54) is 16.3 Å². The number of nitrogens with zero attached hydrogens (tertiary/aromatic N) is 5. The predicted octanol–water partition coefficient (Wildman–Crippen LogP) is 19.6. The molecule has 16 rings (SSSR count). The van der Waals surface area contributed by atoms with Crippen molar-refractivity contribution in [2.24, 2.45) is 0 Å². The van der Waals surface area contributed by atoms with E-state index in [2.05, 4.69) is 258 Å². The third kappa shape index (κ3) is 7.60. The molecule has 6 heteroatoms. The summed E-state index contributed by atoms with van der Waals surface area (Å²) in [5.41, 5.74) is 19.6. The number of rotatable bonds is 9. The van der Waals surface area contributed by atoms with Gasteiger partial charge in [0.05, 0.1) is 27.8 Å². The normalized spacial score (nSPS) is 11.7. The molecule has 6 nitrogen and oxygen atoms in total. The zero-order chi connectivity index (χ0) is 53.4. The van der Waals surface area contributed by atoms with Gasteiger partial charge in [-0.25, -0.2) is 15.0 Å². The zero-order valence-corrected chi connectivity index (χ0v) is 43.8. The van der Waals surface area contributed by atoms with E-state index in [0.717, 1.165) is 122 Å². The lowest BCUT2D eigenvalue weighted by atomic mass is 9.95. The van der Waals surface area contributed by atoms with Gasteiger partial charge in [-0.2, -0.15) is 0 Å². The molecule has 0 saturated carbocycles. The highest BCUT2D eigenvalue weighted by Gasteiger charge is 2.26. The number of hydrogen-bond acceptors (Lipinski definition) is 4. The van der Waals surface area contributed by atoms with Crippen LogP contribution in [-0.4, -0.2) is 24.1 Å². The first-order chi connectivity index (χ1) is 40.2. The lowest BCUT2D eigenvalue weighted by Crippen LogP contribution is -2.04. The van der Waals surface area contributed by atoms with Crippen molar-refractivity contribution in [1.29, 1.82) is 0 Å². The van der Waals surface area contributed by atoms with Crippen LogP contribution in [0.15, 0.2) is 290 Å². The van der Waals surface area contributed by atoms with Gasteiger partial charge in [-0.3, -0.25) is 0 Å². The van der Waals surface area contributed by atoms with Crippen molar-refractivity contribution >= 4 is 65.6 Å². The fourth-order valence-corrected chi connectivity index (χ4v) is 12.4. The highest BCUT2D eigenvalue weighted by molar-refractivity contribution is 6.23. The van der Waals surface area contributed by atoms with Crippen LogP contribution in [0, 0.1) is 0 Å². The Morgan fingerprint density at radius 2 is 0.704 bits per heavy atom. The van der Waals surface area contributed by atoms with Crippen molar-refractivity contribution in [3.05, 3.63) is 285 Å². The van der Waals surface area contributed by atoms with Gasteiger partial charge in [0.2, 0.25) is 0 Å². The van der Waals surface area contributed by atoms with Crippen molar-refractivity contribution in [2.45, 2.75) is 0 Å². The average molecular weight is 1030 g/mol. The lowest BCUT2D eigenvalue weighted by Gasteiger charge is -2.17. The molecule has 0 bridgehead atoms. The first-order valence-corrected chi connectivity index (χ1v) is 27.4. The third-order valence-corrected chi connectivity index (χ3v) is 16.0. The first kappa shape index (κ1) is 46.2. The topological polar surface area (TPSA) is 61.7 Å². The molecular formula is C75H47N5O. The second-order valence-electron chi connectivity index (χ2n) is 20.6. The molecule has 0 amide bonds. The summed E-state index contributed by atoms with van der Waals surface area (Å²) < 4.78 is 11.5. The number of hydrogen-bond donors (Lipinski definition) is 0. The molecule has 0 saturated heterocycles. The Balaban J connectivity index is 1.00. The van der Waals surface area contributed by atoms with E-state index < -0.39 is 0 Å². The number of furan rings is 1. The van der Waals surface area contributed by atoms with Crippen molar-refractivity contribution in [3.8, 4) is 90.0 Å². The van der Waals surface area contributed by atoms with Crippen LogP contribution in [0.2, 0.25) is 0 Å². The van der Waals surface area contributed by atoms with Crippen LogP contribution in [0.4, 0.5) is 0 Å². The molecule has 12 aromatic carbocycles. The second-order valence-corrected chi connectivity index (χ2v) is 20.6. The SMILES string of the molecule is c1ccc(-c2ccc(-c3nc(-c4ccccc4)nc(-c4cccc5oc6cccc(-c7ccccc7)c6c45)n3)c(-n3c4cc(-c5ccccc5)ccc4c4c(-c5cccc6c5c5ccccc5n6-c5ccccc5)cccc43)c2)cc1. The molecule has 4 aromatic heterocycles. The van der Waals surface area contributed by atoms with Crippen LogP contribution in [0.25, 0.3) is 156 Å². The van der Waals surface area contributed by atoms with Gasteiger partial charge in [0, 0.05) is 54.7 Å². The van der Waals surface area contributed by atoms with Gasteiger partial charge in [-0.15, -0.1) is 0 Å². The number of fused-ring (bicyclic) bond motifs is 9. The number of benzene rings is 12. The summed E-state index contributed by atoms with van der Waals surface area (Å²) in [6, 6.07) is 101. The fraction of sp³-hybridized carbons (Fsp3) is 0. The number of aromatic nitrogens is 5. The lowest BCUT2D eigenvalue weighted by molar-refractivity contribution is 0.669. The minimum Gasteiger partial charge on any atom is -0.456 e. The van der Waals surface area contributed by atoms with E-state index in [-0.39, 0.29) is 0 Å². The molecule has 0 aliphatic carbocycles. The van der Waals surface area contributed by atoms with Crippen LogP contribution in [-0.2, 0) is 0 Å². The van der Waals surface area contributed by atoms with Crippen LogP contribution < -0.4 is 0 Å². The molecule has 378 valence electrons. The van der Waals surface area contributed by atoms with Gasteiger partial charge in [0.1, 0.15) is 11.2 Å². The quantitative estimate of drug-likeness (QED) is 0.145. The van der Waals surface area contributed by atoms with Crippen molar-refractivity contribution in [2.75, 3.05) is 0 Å². The van der Waals surface area contributed by atoms with Crippen LogP contribution >= 0.6 is 0 Å². The van der Waals surface area contributed by atoms with Crippen LogP contribution in [0.3, 0.4) is 0 Å². The monoisotopic (exact) mass is 1030 g/mol. The van der Waals surface area contributed by atoms with Gasteiger partial charge in [0.15, 0.2) is 17.5 Å². The molecule has 16 aromatic rings. The summed E-state index contributed by atoms with van der Waals surface area (Å²) in [6.45, 7) is 0. The summed E-state index contributed by atoms with van der Waals surface area (Å²) in [4.78, 5) is 16.5. The maximum Gasteiger partial charge on any atom is 0.166 e. The minimum atomic E-state index is 0.547. The van der Waals surface area contributed by atoms with Gasteiger partial charge in [0.25, 0.3) is 0 Å². The standard InChI is InChI=1S/C75H47N5O/c1-6-22-48(23-7-1)52-42-44-59-65(46-52)80(64-39-19-35-57(70(59)64)56-34-18-38-63-69(56)58-32-16-17-37-62(58)79(63)54-30-14-5-15-31-54)66-47-53(49-24-8-2-9-25-49)43-45-60(66)74-76-73(51-28-12-4-13-29-51)77-75(78-74)61-36-21-41-68-72(61)71-55(33-20-40-67(71)81-68)50-26-10-3-11-27-50/h1-47H. The molecule has 81 heavy (non-hydrogen) atoms. The van der Waals surface area contributed by atoms with Crippen molar-refractivity contribution in [1.82, 2.24) is 24.1 Å². The van der Waals surface area contributed by atoms with Crippen LogP contribution in [0.1, 0.15) is 0 Å². The molecule has 0 N–H and O–H groups in total. The molecular weight excluding hydrogens is 987 g/mol. The molecule has 4 heterocycles. The van der Waals surface area contributed by atoms with E-state index in [4.69, 9.17) is 19.4 Å². The highest BCUT2D eigenvalue weighted by Crippen LogP contribution is 2.47. The van der Waals surface area contributed by atoms with E-state index >= 15 is 0 Å². The van der Waals surface area contributed by atoms with E-state index in [9.17, 15) is 0 Å². The predicted molar refractivity (Wildman–Crippen MR) is 334 cm³/mol. The molecule has 0 fully saturated rings. The maximum atomic E-state index is 6.69. The molecule has 0 spiro atoms. The van der Waals surface area contributed by atoms with E-state index in [1.54, 1.807) is 0 Å². The minimum absolute atomic E-state index is 0.547. The van der Waals surface area contributed by atoms with E-state index in [1.807, 2.05) is 36.4 Å². The fourth-order valence-electron chi connectivity index (χ4n) is 12.4. The second kappa shape index (κ2) is 18.9. The summed E-state index contributed by atoms with van der Waals surface area (Å²) >= 11 is 0. The Morgan fingerprint density at radius 1 is 0.247 bits per heavy atom. The molecule has 0 unspecified atom stereocenters. The Morgan fingerprint density at radius 3 is 1.36 bits per heavy atom. The average Bonchev–Trinajstić information content (AvgIpc) is 4.38. The number of para-hydroxylation sites is 2. The summed E-state index contributed by atoms with van der Waals surface area (Å²) in [5, 5.41) is 6.66. The Labute approximate surface area is 466 Å². The third-order valence-electron chi connectivity index (χ3n) is 16.0. The van der Waals surface area contributed by atoms with Gasteiger partial charge in [-0.1, -0.05) is 224 Å². The Hall–Kier alpha value is -11.0. The van der Waals surface area contributed by atoms with Crippen LogP contribution in [0.5, 0.6) is 0 Å². The Kier molecular flexibility index (Phi) is 10.8. The highest BCUT2D eigenvalue weighted by atomic mass is 16.3. The molecule has 0 atom stereocenters. The Bertz CT molecular complexity index is 5080.